The van der Waals surface area contributed by atoms with Crippen LogP contribution in [0.4, 0.5) is 4.79 Å². The van der Waals surface area contributed by atoms with Gasteiger partial charge in [-0.2, -0.15) is 0 Å². The average Bonchev–Trinajstić information content (AvgIpc) is 1.82. The summed E-state index contributed by atoms with van der Waals surface area (Å²) >= 11 is 0. The van der Waals surface area contributed by atoms with Gasteiger partial charge < -0.3 is 9.47 Å². The van der Waals surface area contributed by atoms with Gasteiger partial charge in [0.1, 0.15) is 0 Å². The second kappa shape index (κ2) is 2.73. The molecule has 3 heteroatoms. The van der Waals surface area contributed by atoms with E-state index in [4.69, 9.17) is 0 Å². The lowest BCUT2D eigenvalue weighted by atomic mass is 10.2. The normalized spacial score (nSPS) is 15.4. The smallest absolute Gasteiger partial charge is 0.360 e. The number of cyclic esters (lactones) is 2. The second-order valence-corrected chi connectivity index (χ2v) is 2.27. The van der Waals surface area contributed by atoms with E-state index in [-0.39, 0.29) is 0 Å². The molecule has 1 heterocycles. The fourth-order valence-electron chi connectivity index (χ4n) is 0.810. The molecule has 3 nitrogen and oxygen atoms in total. The van der Waals surface area contributed by atoms with Gasteiger partial charge in [0.25, 0.3) is 5.95 Å². The Morgan fingerprint density at radius 2 is 2.10 bits per heavy atom. The van der Waals surface area contributed by atoms with Crippen LogP contribution in [0.2, 0.25) is 0 Å². The molecule has 0 radical (unpaired) electrons. The van der Waals surface area contributed by atoms with E-state index in [1.165, 1.54) is 0 Å². The summed E-state index contributed by atoms with van der Waals surface area (Å²) in [6.07, 6.45) is 1.37. The molecule has 0 unspecified atom stereocenters. The van der Waals surface area contributed by atoms with Gasteiger partial charge in [0.2, 0.25) is 0 Å². The van der Waals surface area contributed by atoms with Gasteiger partial charge in [0.05, 0.1) is 0 Å². The predicted octanol–water partition coefficient (Wildman–Crippen LogP) is 2.18. The van der Waals surface area contributed by atoms with Gasteiger partial charge in [-0.05, 0) is 13.3 Å². The van der Waals surface area contributed by atoms with Gasteiger partial charge in [0, 0.05) is 5.57 Å². The highest BCUT2D eigenvalue weighted by Gasteiger charge is 2.25. The minimum absolute atomic E-state index is 0.395. The lowest BCUT2D eigenvalue weighted by Crippen LogP contribution is -2.21. The van der Waals surface area contributed by atoms with Crippen LogP contribution >= 0.6 is 0 Å². The van der Waals surface area contributed by atoms with Gasteiger partial charge >= 0.3 is 6.16 Å². The fraction of sp³-hybridized carbons (Fsp3) is 0.571. The molecule has 0 aliphatic carbocycles. The minimum Gasteiger partial charge on any atom is -0.360 e. The largest absolute Gasteiger partial charge is 0.524 e. The van der Waals surface area contributed by atoms with E-state index in [1.807, 2.05) is 6.92 Å². The van der Waals surface area contributed by atoms with E-state index in [0.717, 1.165) is 18.4 Å². The van der Waals surface area contributed by atoms with Crippen molar-refractivity contribution in [1.29, 1.82) is 0 Å². The number of hydrogen-bond acceptors (Lipinski definition) is 3. The van der Waals surface area contributed by atoms with Crippen LogP contribution in [0.5, 0.6) is 0 Å². The molecule has 0 aromatic carbocycles. The van der Waals surface area contributed by atoms with Crippen LogP contribution in [0, 0.1) is 0 Å². The van der Waals surface area contributed by atoms with Crippen LogP contribution in [0.1, 0.15) is 26.7 Å². The fourth-order valence-corrected chi connectivity index (χ4v) is 0.810. The highest BCUT2D eigenvalue weighted by atomic mass is 16.9. The number of allylic oxidation sites excluding steroid dienone is 1. The highest BCUT2D eigenvalue weighted by molar-refractivity contribution is 5.68. The molecule has 0 atom stereocenters. The van der Waals surface area contributed by atoms with Crippen molar-refractivity contribution in [2.45, 2.75) is 26.7 Å². The Morgan fingerprint density at radius 1 is 1.50 bits per heavy atom. The standard InChI is InChI=1S/C7H10O3/c1-3-4-5(2)6-9-7(8)10-6/h3-4H2,1-2H3. The molecule has 0 bridgehead atoms. The molecule has 56 valence electrons. The monoisotopic (exact) mass is 142 g/mol. The zero-order valence-corrected chi connectivity index (χ0v) is 6.14. The quantitative estimate of drug-likeness (QED) is 0.554. The molecular formula is C7H10O3. The molecule has 0 spiro atoms. The number of carbonyl (C=O) groups is 1. The summed E-state index contributed by atoms with van der Waals surface area (Å²) in [4.78, 5) is 10.1. The first-order valence-electron chi connectivity index (χ1n) is 3.33. The number of hydrogen-bond donors (Lipinski definition) is 0. The molecule has 0 N–H and O–H groups in total. The molecule has 0 aromatic rings. The average molecular weight is 142 g/mol. The van der Waals surface area contributed by atoms with Crippen LogP contribution in [-0.2, 0) is 9.47 Å². The summed E-state index contributed by atoms with van der Waals surface area (Å²) < 4.78 is 9.14. The first-order valence-corrected chi connectivity index (χ1v) is 3.33. The van der Waals surface area contributed by atoms with E-state index in [2.05, 4.69) is 16.4 Å². The van der Waals surface area contributed by atoms with Crippen molar-refractivity contribution < 1.29 is 14.3 Å². The second-order valence-electron chi connectivity index (χ2n) is 2.27. The summed E-state index contributed by atoms with van der Waals surface area (Å²) in [6, 6.07) is 0. The van der Waals surface area contributed by atoms with Gasteiger partial charge in [-0.3, -0.25) is 0 Å². The Morgan fingerprint density at radius 3 is 2.50 bits per heavy atom. The maximum Gasteiger partial charge on any atom is 0.524 e. The molecule has 1 saturated heterocycles. The number of rotatable bonds is 2. The predicted molar refractivity (Wildman–Crippen MR) is 35.2 cm³/mol. The minimum atomic E-state index is -0.592. The van der Waals surface area contributed by atoms with E-state index in [9.17, 15) is 4.79 Å². The van der Waals surface area contributed by atoms with Crippen LogP contribution in [-0.4, -0.2) is 6.16 Å². The lowest BCUT2D eigenvalue weighted by Gasteiger charge is -2.17. The Hall–Kier alpha value is -0.990. The number of ether oxygens (including phenoxy) is 2. The first-order chi connectivity index (χ1) is 4.74. The summed E-state index contributed by atoms with van der Waals surface area (Å²) in [5.41, 5.74) is 1.00. The summed E-state index contributed by atoms with van der Waals surface area (Å²) in [5.74, 6) is 0.395. The molecule has 1 aliphatic rings. The SMILES string of the molecule is CCCC(C)=C1OC(=O)O1. The van der Waals surface area contributed by atoms with Crippen molar-refractivity contribution in [2.75, 3.05) is 0 Å². The van der Waals surface area contributed by atoms with Crippen molar-refractivity contribution in [3.63, 3.8) is 0 Å². The van der Waals surface area contributed by atoms with Crippen molar-refractivity contribution in [1.82, 2.24) is 0 Å². The summed E-state index contributed by atoms with van der Waals surface area (Å²) in [5, 5.41) is 0. The molecule has 1 rings (SSSR count). The van der Waals surface area contributed by atoms with Gasteiger partial charge in [-0.15, -0.1) is 0 Å². The lowest BCUT2D eigenvalue weighted by molar-refractivity contribution is -0.0292. The van der Waals surface area contributed by atoms with Gasteiger partial charge in [-0.1, -0.05) is 13.3 Å². The van der Waals surface area contributed by atoms with Crippen LogP contribution < -0.4 is 0 Å². The van der Waals surface area contributed by atoms with Crippen molar-refractivity contribution in [3.8, 4) is 0 Å². The van der Waals surface area contributed by atoms with E-state index < -0.39 is 6.16 Å². The molecule has 0 saturated carbocycles. The molecule has 1 aliphatic heterocycles. The Labute approximate surface area is 59.6 Å². The topological polar surface area (TPSA) is 35.5 Å². The maximum atomic E-state index is 10.1. The van der Waals surface area contributed by atoms with Gasteiger partial charge in [-0.25, -0.2) is 4.79 Å². The summed E-state index contributed by atoms with van der Waals surface area (Å²) in [7, 11) is 0. The zero-order chi connectivity index (χ0) is 7.56. The number of carbonyl (C=O) groups excluding carboxylic acids is 1. The Balaban J connectivity index is 2.44. The molecule has 0 aromatic heterocycles. The zero-order valence-electron chi connectivity index (χ0n) is 6.14. The molecule has 10 heavy (non-hydrogen) atoms. The van der Waals surface area contributed by atoms with E-state index >= 15 is 0 Å². The highest BCUT2D eigenvalue weighted by Crippen LogP contribution is 2.21. The third-order valence-corrected chi connectivity index (χ3v) is 1.33. The first kappa shape index (κ1) is 7.12. The van der Waals surface area contributed by atoms with Crippen molar-refractivity contribution in [2.24, 2.45) is 0 Å². The van der Waals surface area contributed by atoms with Crippen LogP contribution in [0.3, 0.4) is 0 Å². The Kier molecular flexibility index (Phi) is 1.94. The van der Waals surface area contributed by atoms with Gasteiger partial charge in [0.15, 0.2) is 0 Å². The third kappa shape index (κ3) is 1.29. The van der Waals surface area contributed by atoms with Crippen molar-refractivity contribution >= 4 is 6.16 Å². The van der Waals surface area contributed by atoms with E-state index in [0.29, 0.717) is 5.95 Å². The molecular weight excluding hydrogens is 132 g/mol. The van der Waals surface area contributed by atoms with Crippen LogP contribution in [0.25, 0.3) is 0 Å². The molecule has 1 fully saturated rings. The van der Waals surface area contributed by atoms with Crippen LogP contribution in [0.15, 0.2) is 11.5 Å². The Bertz CT molecular complexity index is 171. The summed E-state index contributed by atoms with van der Waals surface area (Å²) in [6.45, 7) is 3.95. The maximum absolute atomic E-state index is 10.1. The van der Waals surface area contributed by atoms with E-state index in [1.54, 1.807) is 0 Å². The molecule has 0 amide bonds. The third-order valence-electron chi connectivity index (χ3n) is 1.33. The van der Waals surface area contributed by atoms with Crippen molar-refractivity contribution in [3.05, 3.63) is 11.5 Å².